The number of hydrogen-bond acceptors (Lipinski definition) is 4. The summed E-state index contributed by atoms with van der Waals surface area (Å²) < 4.78 is 1.09. The zero-order valence-corrected chi connectivity index (χ0v) is 16.1. The van der Waals surface area contributed by atoms with Gasteiger partial charge in [-0.25, -0.2) is 9.66 Å². The van der Waals surface area contributed by atoms with Gasteiger partial charge in [0.05, 0.1) is 10.9 Å². The quantitative estimate of drug-likeness (QED) is 0.504. The molecular weight excluding hydrogens is 394 g/mol. The van der Waals surface area contributed by atoms with Gasteiger partial charge in [0.25, 0.3) is 11.5 Å². The highest BCUT2D eigenvalue weighted by Gasteiger charge is 2.06. The van der Waals surface area contributed by atoms with Crippen molar-refractivity contribution in [1.29, 1.82) is 0 Å². The maximum Gasteiger partial charge on any atom is 0.280 e. The minimum Gasteiger partial charge on any atom is -0.268 e. The average molecular weight is 408 g/mol. The van der Waals surface area contributed by atoms with Crippen molar-refractivity contribution >= 4 is 45.8 Å². The Kier molecular flexibility index (Phi) is 5.06. The van der Waals surface area contributed by atoms with E-state index in [0.717, 1.165) is 20.0 Å². The number of aromatic nitrogens is 2. The third-order valence-electron chi connectivity index (χ3n) is 4.05. The second-order valence-corrected chi connectivity index (χ2v) is 7.51. The lowest BCUT2D eigenvalue weighted by molar-refractivity contribution is -0.112. The van der Waals surface area contributed by atoms with E-state index in [-0.39, 0.29) is 5.56 Å². The summed E-state index contributed by atoms with van der Waals surface area (Å²) in [6.07, 6.45) is 4.40. The van der Waals surface area contributed by atoms with Gasteiger partial charge >= 0.3 is 0 Å². The summed E-state index contributed by atoms with van der Waals surface area (Å²) in [6.45, 7) is 0. The van der Waals surface area contributed by atoms with Crippen LogP contribution in [0.3, 0.4) is 0 Å². The van der Waals surface area contributed by atoms with E-state index in [1.807, 2.05) is 36.4 Å². The van der Waals surface area contributed by atoms with Gasteiger partial charge in [0.2, 0.25) is 0 Å². The van der Waals surface area contributed by atoms with Crippen LogP contribution in [-0.2, 0) is 4.79 Å². The van der Waals surface area contributed by atoms with Crippen LogP contribution in [0.4, 0.5) is 0 Å². The Morgan fingerprint density at radius 3 is 2.68 bits per heavy atom. The van der Waals surface area contributed by atoms with E-state index in [2.05, 4.69) is 10.4 Å². The van der Waals surface area contributed by atoms with E-state index >= 15 is 0 Å². The summed E-state index contributed by atoms with van der Waals surface area (Å²) in [6, 6.07) is 18.5. The second-order valence-electron chi connectivity index (χ2n) is 5.96. The number of para-hydroxylation sites is 1. The van der Waals surface area contributed by atoms with Gasteiger partial charge in [-0.05, 0) is 48.0 Å². The standard InChI is InChI=1S/C21H14ClN3O2S/c22-15-7-5-14(6-8-15)19-11-9-16(28-19)10-12-20(26)24-25-13-23-18-4-2-1-3-17(18)21(25)27/h1-13H,(H,24,26)/b12-10+. The molecule has 4 rings (SSSR count). The van der Waals surface area contributed by atoms with Crippen LogP contribution in [0.15, 0.2) is 77.9 Å². The predicted molar refractivity (Wildman–Crippen MR) is 114 cm³/mol. The van der Waals surface area contributed by atoms with Gasteiger partial charge in [-0.1, -0.05) is 35.9 Å². The molecule has 0 aliphatic carbocycles. The molecule has 2 heterocycles. The Bertz CT molecular complexity index is 1240. The first-order valence-corrected chi connectivity index (χ1v) is 9.61. The summed E-state index contributed by atoms with van der Waals surface area (Å²) in [5.41, 5.74) is 3.85. The van der Waals surface area contributed by atoms with Crippen LogP contribution in [0.5, 0.6) is 0 Å². The minimum absolute atomic E-state index is 0.325. The predicted octanol–water partition coefficient (Wildman–Crippen LogP) is 4.56. The summed E-state index contributed by atoms with van der Waals surface area (Å²) in [7, 11) is 0. The van der Waals surface area contributed by atoms with Crippen LogP contribution in [0.25, 0.3) is 27.4 Å². The fraction of sp³-hybridized carbons (Fsp3) is 0. The lowest BCUT2D eigenvalue weighted by atomic mass is 10.2. The van der Waals surface area contributed by atoms with Gasteiger partial charge in [-0.3, -0.25) is 15.0 Å². The van der Waals surface area contributed by atoms with Crippen molar-refractivity contribution in [3.05, 3.63) is 93.3 Å². The van der Waals surface area contributed by atoms with Crippen LogP contribution in [0.2, 0.25) is 5.02 Å². The summed E-state index contributed by atoms with van der Waals surface area (Å²) in [5, 5.41) is 1.13. The highest BCUT2D eigenvalue weighted by Crippen LogP contribution is 2.29. The van der Waals surface area contributed by atoms with Crippen molar-refractivity contribution in [2.75, 3.05) is 5.43 Å². The zero-order valence-electron chi connectivity index (χ0n) is 14.5. The monoisotopic (exact) mass is 407 g/mol. The van der Waals surface area contributed by atoms with Gasteiger partial charge in [-0.15, -0.1) is 11.3 Å². The molecule has 28 heavy (non-hydrogen) atoms. The van der Waals surface area contributed by atoms with E-state index in [4.69, 9.17) is 11.6 Å². The number of benzene rings is 2. The minimum atomic E-state index is -0.416. The number of nitrogens with zero attached hydrogens (tertiary/aromatic N) is 2. The zero-order chi connectivity index (χ0) is 19.5. The van der Waals surface area contributed by atoms with Gasteiger partial charge in [-0.2, -0.15) is 0 Å². The van der Waals surface area contributed by atoms with E-state index in [1.54, 1.807) is 41.7 Å². The first kappa shape index (κ1) is 18.2. The number of carbonyl (C=O) groups excluding carboxylic acids is 1. The number of nitrogens with one attached hydrogen (secondary N) is 1. The lowest BCUT2D eigenvalue weighted by Gasteiger charge is -2.06. The largest absolute Gasteiger partial charge is 0.280 e. The van der Waals surface area contributed by atoms with Crippen LogP contribution < -0.4 is 11.0 Å². The molecule has 138 valence electrons. The van der Waals surface area contributed by atoms with Crippen molar-refractivity contribution < 1.29 is 4.79 Å². The molecule has 1 amide bonds. The molecule has 0 aliphatic rings. The third-order valence-corrected chi connectivity index (χ3v) is 5.40. The Hall–Kier alpha value is -3.22. The molecule has 0 radical (unpaired) electrons. The number of thiophene rings is 1. The Balaban J connectivity index is 1.48. The lowest BCUT2D eigenvalue weighted by Crippen LogP contribution is -2.32. The molecule has 4 aromatic rings. The molecule has 0 fully saturated rings. The number of hydrogen-bond donors (Lipinski definition) is 1. The van der Waals surface area contributed by atoms with Crippen molar-refractivity contribution in [3.63, 3.8) is 0 Å². The summed E-state index contributed by atoms with van der Waals surface area (Å²) >= 11 is 7.47. The average Bonchev–Trinajstić information content (AvgIpc) is 3.18. The third kappa shape index (κ3) is 3.88. The summed E-state index contributed by atoms with van der Waals surface area (Å²) in [4.78, 5) is 30.8. The number of carbonyl (C=O) groups is 1. The number of halogens is 1. The number of rotatable bonds is 4. The molecule has 0 atom stereocenters. The van der Waals surface area contributed by atoms with Crippen LogP contribution in [0.1, 0.15) is 4.88 Å². The fourth-order valence-electron chi connectivity index (χ4n) is 2.67. The molecular formula is C21H14ClN3O2S. The molecule has 0 aliphatic heterocycles. The topological polar surface area (TPSA) is 64.0 Å². The van der Waals surface area contributed by atoms with Crippen LogP contribution in [0, 0.1) is 0 Å². The molecule has 7 heteroatoms. The molecule has 0 bridgehead atoms. The maximum absolute atomic E-state index is 12.4. The van der Waals surface area contributed by atoms with Crippen molar-refractivity contribution in [2.45, 2.75) is 0 Å². The molecule has 0 unspecified atom stereocenters. The Morgan fingerprint density at radius 1 is 1.07 bits per heavy atom. The van der Waals surface area contributed by atoms with E-state index in [0.29, 0.717) is 15.9 Å². The highest BCUT2D eigenvalue weighted by atomic mass is 35.5. The van der Waals surface area contributed by atoms with E-state index in [1.165, 1.54) is 12.4 Å². The second kappa shape index (κ2) is 7.80. The fourth-order valence-corrected chi connectivity index (χ4v) is 3.72. The smallest absolute Gasteiger partial charge is 0.268 e. The summed E-state index contributed by atoms with van der Waals surface area (Å²) in [5.74, 6) is -0.416. The van der Waals surface area contributed by atoms with E-state index < -0.39 is 5.91 Å². The molecule has 1 N–H and O–H groups in total. The van der Waals surface area contributed by atoms with Crippen molar-refractivity contribution in [2.24, 2.45) is 0 Å². The molecule has 2 aromatic carbocycles. The van der Waals surface area contributed by atoms with Gasteiger partial charge in [0.15, 0.2) is 0 Å². The van der Waals surface area contributed by atoms with Crippen molar-refractivity contribution in [1.82, 2.24) is 9.66 Å². The molecule has 0 saturated carbocycles. The number of amides is 1. The first-order chi connectivity index (χ1) is 13.6. The van der Waals surface area contributed by atoms with Crippen LogP contribution >= 0.6 is 22.9 Å². The first-order valence-electron chi connectivity index (χ1n) is 8.41. The van der Waals surface area contributed by atoms with Crippen molar-refractivity contribution in [3.8, 4) is 10.4 Å². The molecule has 0 spiro atoms. The SMILES string of the molecule is O=C(/C=C/c1ccc(-c2ccc(Cl)cc2)s1)Nn1cnc2ccccc2c1=O. The van der Waals surface area contributed by atoms with Gasteiger partial charge in [0, 0.05) is 20.9 Å². The Labute approximate surface area is 169 Å². The molecule has 0 saturated heterocycles. The van der Waals surface area contributed by atoms with Gasteiger partial charge < -0.3 is 0 Å². The Morgan fingerprint density at radius 2 is 1.86 bits per heavy atom. The maximum atomic E-state index is 12.4. The van der Waals surface area contributed by atoms with Crippen LogP contribution in [-0.4, -0.2) is 15.6 Å². The van der Waals surface area contributed by atoms with E-state index in [9.17, 15) is 9.59 Å². The highest BCUT2D eigenvalue weighted by molar-refractivity contribution is 7.16. The number of fused-ring (bicyclic) bond motifs is 1. The molecule has 5 nitrogen and oxygen atoms in total. The van der Waals surface area contributed by atoms with Gasteiger partial charge in [0.1, 0.15) is 6.33 Å². The molecule has 2 aromatic heterocycles. The normalized spacial score (nSPS) is 11.2.